The summed E-state index contributed by atoms with van der Waals surface area (Å²) in [5, 5.41) is 0.441. The number of benzene rings is 2. The lowest BCUT2D eigenvalue weighted by molar-refractivity contribution is -0.145. The van der Waals surface area contributed by atoms with Crippen LogP contribution < -0.4 is 0 Å². The minimum absolute atomic E-state index is 0.0813. The molecule has 0 aliphatic heterocycles. The third-order valence-corrected chi connectivity index (χ3v) is 4.15. The zero-order valence-electron chi connectivity index (χ0n) is 14.1. The number of methoxy groups -OCH3 is 1. The van der Waals surface area contributed by atoms with Gasteiger partial charge in [0.05, 0.1) is 13.0 Å². The molecule has 0 aliphatic carbocycles. The van der Waals surface area contributed by atoms with E-state index in [-0.39, 0.29) is 24.4 Å². The standard InChI is InChI=1S/C20H19ClO4/c1-13-6-8-14(9-7-13)18(22)11-16(20(24)25-2)12-19(23)15-4-3-5-17(21)10-15/h3-10,16H,11-12H2,1-2H3. The van der Waals surface area contributed by atoms with Gasteiger partial charge in [-0.15, -0.1) is 0 Å². The maximum atomic E-state index is 12.4. The van der Waals surface area contributed by atoms with Gasteiger partial charge < -0.3 is 4.74 Å². The van der Waals surface area contributed by atoms with Gasteiger partial charge in [-0.1, -0.05) is 53.6 Å². The SMILES string of the molecule is COC(=O)C(CC(=O)c1ccc(C)cc1)CC(=O)c1cccc(Cl)c1. The van der Waals surface area contributed by atoms with Gasteiger partial charge in [0.25, 0.3) is 0 Å². The second kappa shape index (κ2) is 8.58. The number of carbonyl (C=O) groups is 3. The molecular formula is C20H19ClO4. The zero-order valence-corrected chi connectivity index (χ0v) is 14.9. The first-order valence-corrected chi connectivity index (χ1v) is 8.25. The number of carbonyl (C=O) groups excluding carboxylic acids is 3. The number of esters is 1. The molecule has 2 rings (SSSR count). The van der Waals surface area contributed by atoms with Crippen LogP contribution in [0.4, 0.5) is 0 Å². The Labute approximate surface area is 151 Å². The number of rotatable bonds is 7. The quantitative estimate of drug-likeness (QED) is 0.547. The number of Topliss-reactive ketones (excluding diaryl/α,β-unsaturated/α-hetero) is 2. The van der Waals surface area contributed by atoms with Gasteiger partial charge in [0.2, 0.25) is 0 Å². The molecule has 0 spiro atoms. The van der Waals surface area contributed by atoms with Crippen LogP contribution in [0.1, 0.15) is 39.1 Å². The molecule has 0 amide bonds. The lowest BCUT2D eigenvalue weighted by atomic mass is 9.91. The van der Waals surface area contributed by atoms with Gasteiger partial charge in [0.1, 0.15) is 0 Å². The average Bonchev–Trinajstić information content (AvgIpc) is 2.60. The molecule has 1 atom stereocenters. The highest BCUT2D eigenvalue weighted by Gasteiger charge is 2.26. The van der Waals surface area contributed by atoms with Crippen LogP contribution in [0.3, 0.4) is 0 Å². The molecule has 25 heavy (non-hydrogen) atoms. The fraction of sp³-hybridized carbons (Fsp3) is 0.250. The minimum Gasteiger partial charge on any atom is -0.469 e. The van der Waals surface area contributed by atoms with Crippen molar-refractivity contribution in [1.82, 2.24) is 0 Å². The van der Waals surface area contributed by atoms with Crippen molar-refractivity contribution in [2.24, 2.45) is 5.92 Å². The number of halogens is 1. The second-order valence-electron chi connectivity index (χ2n) is 5.85. The number of ether oxygens (including phenoxy) is 1. The van der Waals surface area contributed by atoms with Crippen LogP contribution in [0.5, 0.6) is 0 Å². The fourth-order valence-corrected chi connectivity index (χ4v) is 2.68. The van der Waals surface area contributed by atoms with E-state index in [1.807, 2.05) is 19.1 Å². The van der Waals surface area contributed by atoms with E-state index < -0.39 is 11.9 Å². The Bertz CT molecular complexity index is 781. The van der Waals surface area contributed by atoms with Gasteiger partial charge in [0, 0.05) is 29.0 Å². The first kappa shape index (κ1) is 18.9. The van der Waals surface area contributed by atoms with E-state index in [4.69, 9.17) is 16.3 Å². The maximum absolute atomic E-state index is 12.4. The summed E-state index contributed by atoms with van der Waals surface area (Å²) in [6.07, 6.45) is -0.188. The fourth-order valence-electron chi connectivity index (χ4n) is 2.49. The molecule has 130 valence electrons. The van der Waals surface area contributed by atoms with Crippen molar-refractivity contribution in [2.45, 2.75) is 19.8 Å². The van der Waals surface area contributed by atoms with E-state index in [0.717, 1.165) is 5.56 Å². The van der Waals surface area contributed by atoms with E-state index in [0.29, 0.717) is 16.1 Å². The highest BCUT2D eigenvalue weighted by Crippen LogP contribution is 2.20. The maximum Gasteiger partial charge on any atom is 0.309 e. The predicted molar refractivity (Wildman–Crippen MR) is 96.0 cm³/mol. The third-order valence-electron chi connectivity index (χ3n) is 3.92. The smallest absolute Gasteiger partial charge is 0.309 e. The van der Waals surface area contributed by atoms with Gasteiger partial charge >= 0.3 is 5.97 Å². The van der Waals surface area contributed by atoms with E-state index in [2.05, 4.69) is 0 Å². The summed E-state index contributed by atoms with van der Waals surface area (Å²) in [5.41, 5.74) is 1.95. The normalized spacial score (nSPS) is 11.6. The molecule has 4 nitrogen and oxygen atoms in total. The molecule has 0 saturated heterocycles. The lowest BCUT2D eigenvalue weighted by Gasteiger charge is -2.13. The number of aryl methyl sites for hydroxylation is 1. The van der Waals surface area contributed by atoms with Crippen molar-refractivity contribution < 1.29 is 19.1 Å². The van der Waals surface area contributed by atoms with Crippen LogP contribution >= 0.6 is 11.6 Å². The van der Waals surface area contributed by atoms with Crippen LogP contribution in [0.15, 0.2) is 48.5 Å². The molecular weight excluding hydrogens is 340 g/mol. The van der Waals surface area contributed by atoms with Crippen molar-refractivity contribution in [3.8, 4) is 0 Å². The van der Waals surface area contributed by atoms with Crippen molar-refractivity contribution in [3.05, 3.63) is 70.2 Å². The Morgan fingerprint density at radius 2 is 1.56 bits per heavy atom. The van der Waals surface area contributed by atoms with Gasteiger partial charge in [-0.25, -0.2) is 0 Å². The summed E-state index contributed by atoms with van der Waals surface area (Å²) >= 11 is 5.89. The molecule has 1 unspecified atom stereocenters. The largest absolute Gasteiger partial charge is 0.469 e. The summed E-state index contributed by atoms with van der Waals surface area (Å²) < 4.78 is 4.76. The molecule has 0 radical (unpaired) electrons. The monoisotopic (exact) mass is 358 g/mol. The van der Waals surface area contributed by atoms with Gasteiger partial charge in [-0.3, -0.25) is 14.4 Å². The number of hydrogen-bond donors (Lipinski definition) is 0. The van der Waals surface area contributed by atoms with E-state index >= 15 is 0 Å². The van der Waals surface area contributed by atoms with Crippen LogP contribution in [-0.2, 0) is 9.53 Å². The van der Waals surface area contributed by atoms with Gasteiger partial charge in [0.15, 0.2) is 11.6 Å². The van der Waals surface area contributed by atoms with Crippen LogP contribution in [0.2, 0.25) is 5.02 Å². The minimum atomic E-state index is -0.828. The first-order chi connectivity index (χ1) is 11.9. The predicted octanol–water partition coefficient (Wildman–Crippen LogP) is 4.28. The molecule has 0 bridgehead atoms. The van der Waals surface area contributed by atoms with Crippen molar-refractivity contribution >= 4 is 29.1 Å². The summed E-state index contributed by atoms with van der Waals surface area (Å²) in [6.45, 7) is 1.93. The van der Waals surface area contributed by atoms with Crippen LogP contribution in [0.25, 0.3) is 0 Å². The molecule has 0 heterocycles. The Kier molecular flexibility index (Phi) is 6.48. The van der Waals surface area contributed by atoms with E-state index in [9.17, 15) is 14.4 Å². The molecule has 0 aliphatic rings. The Morgan fingerprint density at radius 1 is 0.960 bits per heavy atom. The summed E-state index contributed by atoms with van der Waals surface area (Å²) in [5.74, 6) is -1.86. The molecule has 0 aromatic heterocycles. The summed E-state index contributed by atoms with van der Waals surface area (Å²) in [4.78, 5) is 36.8. The summed E-state index contributed by atoms with van der Waals surface area (Å²) in [6, 6.07) is 13.6. The van der Waals surface area contributed by atoms with Gasteiger partial charge in [-0.05, 0) is 19.1 Å². The van der Waals surface area contributed by atoms with Crippen LogP contribution in [0, 0.1) is 12.8 Å². The highest BCUT2D eigenvalue weighted by atomic mass is 35.5. The highest BCUT2D eigenvalue weighted by molar-refractivity contribution is 6.31. The van der Waals surface area contributed by atoms with E-state index in [1.165, 1.54) is 7.11 Å². The first-order valence-electron chi connectivity index (χ1n) is 7.87. The Balaban J connectivity index is 2.13. The number of ketones is 2. The molecule has 5 heteroatoms. The van der Waals surface area contributed by atoms with E-state index in [1.54, 1.807) is 36.4 Å². The average molecular weight is 359 g/mol. The second-order valence-corrected chi connectivity index (χ2v) is 6.29. The summed E-state index contributed by atoms with van der Waals surface area (Å²) in [7, 11) is 1.25. The Hall–Kier alpha value is -2.46. The van der Waals surface area contributed by atoms with Gasteiger partial charge in [-0.2, -0.15) is 0 Å². The molecule has 0 fully saturated rings. The van der Waals surface area contributed by atoms with Crippen LogP contribution in [-0.4, -0.2) is 24.6 Å². The number of hydrogen-bond acceptors (Lipinski definition) is 4. The van der Waals surface area contributed by atoms with Crippen molar-refractivity contribution in [2.75, 3.05) is 7.11 Å². The molecule has 2 aromatic carbocycles. The Morgan fingerprint density at radius 3 is 2.12 bits per heavy atom. The van der Waals surface area contributed by atoms with Crippen molar-refractivity contribution in [1.29, 1.82) is 0 Å². The zero-order chi connectivity index (χ0) is 18.4. The lowest BCUT2D eigenvalue weighted by Crippen LogP contribution is -2.23. The molecule has 0 N–H and O–H groups in total. The molecule has 0 saturated carbocycles. The molecule has 2 aromatic rings. The topological polar surface area (TPSA) is 60.4 Å². The third kappa shape index (κ3) is 5.26. The van der Waals surface area contributed by atoms with Crippen molar-refractivity contribution in [3.63, 3.8) is 0 Å².